The molecule has 0 heterocycles. The minimum Gasteiger partial charge on any atom is -0.494 e. The molecule has 3 rings (SSSR count). The van der Waals surface area contributed by atoms with Crippen molar-refractivity contribution in [3.05, 3.63) is 96.6 Å². The van der Waals surface area contributed by atoms with Gasteiger partial charge in [0.2, 0.25) is 0 Å². The number of carbonyl (C=O) groups excluding carboxylic acids is 2. The third kappa shape index (κ3) is 9.17. The molecule has 5 heteroatoms. The van der Waals surface area contributed by atoms with Crippen molar-refractivity contribution in [1.82, 2.24) is 0 Å². The molecule has 0 aliphatic heterocycles. The number of ether oxygens (including phenoxy) is 3. The Bertz CT molecular complexity index is 1270. The lowest BCUT2D eigenvalue weighted by Gasteiger charge is -2.18. The summed E-state index contributed by atoms with van der Waals surface area (Å²) in [4.78, 5) is 23.6. The number of terminal acetylenes is 1. The maximum atomic E-state index is 12.6. The number of esters is 2. The minimum absolute atomic E-state index is 0.230. The fourth-order valence-corrected chi connectivity index (χ4v) is 4.38. The Balaban J connectivity index is 1.43. The zero-order valence-corrected chi connectivity index (χ0v) is 23.4. The van der Waals surface area contributed by atoms with Crippen LogP contribution in [0.2, 0.25) is 0 Å². The van der Waals surface area contributed by atoms with Gasteiger partial charge in [-0.25, -0.2) is 9.59 Å². The van der Waals surface area contributed by atoms with Gasteiger partial charge in [0.25, 0.3) is 0 Å². The van der Waals surface area contributed by atoms with E-state index in [2.05, 4.69) is 50.6 Å². The standard InChI is InChI=1S/C35H38O5/c1-5-27(6-2)26(4)28-12-14-29(15-13-28)30-16-22-33(23-17-30)40-35(37)31-18-20-32(21-19-31)38-24-10-8-9-11-25-39-34(36)7-3/h1,7,12-23,26-27H,3,6,8-11,24-25H2,2,4H3/t26?,27-/m0/s1. The largest absolute Gasteiger partial charge is 0.494 e. The normalized spacial score (nSPS) is 12.0. The van der Waals surface area contributed by atoms with Crippen molar-refractivity contribution in [3.8, 4) is 35.0 Å². The molecule has 0 saturated heterocycles. The molecule has 3 aromatic carbocycles. The molecule has 0 fully saturated rings. The Hall–Kier alpha value is -4.30. The van der Waals surface area contributed by atoms with Gasteiger partial charge in [0, 0.05) is 12.0 Å². The number of benzene rings is 3. The summed E-state index contributed by atoms with van der Waals surface area (Å²) in [6.07, 6.45) is 11.4. The van der Waals surface area contributed by atoms with Gasteiger partial charge in [-0.2, -0.15) is 0 Å². The number of rotatable bonds is 15. The molecule has 2 atom stereocenters. The van der Waals surface area contributed by atoms with E-state index in [0.29, 0.717) is 36.2 Å². The molecule has 0 aromatic heterocycles. The van der Waals surface area contributed by atoms with Crippen molar-refractivity contribution in [3.63, 3.8) is 0 Å². The van der Waals surface area contributed by atoms with Crippen LogP contribution >= 0.6 is 0 Å². The summed E-state index contributed by atoms with van der Waals surface area (Å²) in [5.41, 5.74) is 3.82. The van der Waals surface area contributed by atoms with Gasteiger partial charge in [0.1, 0.15) is 11.5 Å². The highest BCUT2D eigenvalue weighted by Gasteiger charge is 2.15. The minimum atomic E-state index is -0.422. The summed E-state index contributed by atoms with van der Waals surface area (Å²) < 4.78 is 16.3. The van der Waals surface area contributed by atoms with Gasteiger partial charge >= 0.3 is 11.9 Å². The van der Waals surface area contributed by atoms with Crippen molar-refractivity contribution < 1.29 is 23.8 Å². The Morgan fingerprint density at radius 2 is 1.43 bits per heavy atom. The summed E-state index contributed by atoms with van der Waals surface area (Å²) in [6, 6.07) is 22.9. The highest BCUT2D eigenvalue weighted by atomic mass is 16.5. The van der Waals surface area contributed by atoms with E-state index in [-0.39, 0.29) is 11.9 Å². The molecule has 0 spiro atoms. The average molecular weight is 539 g/mol. The van der Waals surface area contributed by atoms with Gasteiger partial charge in [-0.15, -0.1) is 12.3 Å². The highest BCUT2D eigenvalue weighted by Crippen LogP contribution is 2.29. The van der Waals surface area contributed by atoms with Crippen LogP contribution in [0, 0.1) is 18.3 Å². The molecule has 0 saturated carbocycles. The highest BCUT2D eigenvalue weighted by molar-refractivity contribution is 5.91. The molecule has 208 valence electrons. The number of carbonyl (C=O) groups is 2. The third-order valence-electron chi connectivity index (χ3n) is 6.90. The van der Waals surface area contributed by atoms with Gasteiger partial charge in [-0.3, -0.25) is 0 Å². The Morgan fingerprint density at radius 3 is 2.00 bits per heavy atom. The monoisotopic (exact) mass is 538 g/mol. The first-order valence-electron chi connectivity index (χ1n) is 13.9. The quantitative estimate of drug-likeness (QED) is 0.0645. The molecular formula is C35H38O5. The van der Waals surface area contributed by atoms with E-state index in [4.69, 9.17) is 20.6 Å². The van der Waals surface area contributed by atoms with Crippen LogP contribution < -0.4 is 9.47 Å². The zero-order chi connectivity index (χ0) is 28.7. The van der Waals surface area contributed by atoms with Crippen LogP contribution in [-0.4, -0.2) is 25.2 Å². The fourth-order valence-electron chi connectivity index (χ4n) is 4.38. The van der Waals surface area contributed by atoms with E-state index in [0.717, 1.165) is 43.2 Å². The molecule has 0 aliphatic rings. The molecule has 0 amide bonds. The van der Waals surface area contributed by atoms with E-state index >= 15 is 0 Å². The van der Waals surface area contributed by atoms with Crippen molar-refractivity contribution in [2.45, 2.75) is 51.9 Å². The lowest BCUT2D eigenvalue weighted by atomic mass is 9.86. The maximum Gasteiger partial charge on any atom is 0.343 e. The molecule has 40 heavy (non-hydrogen) atoms. The number of hydrogen-bond donors (Lipinski definition) is 0. The lowest BCUT2D eigenvalue weighted by molar-refractivity contribution is -0.137. The fraction of sp³-hybridized carbons (Fsp3) is 0.314. The van der Waals surface area contributed by atoms with Crippen LogP contribution in [-0.2, 0) is 9.53 Å². The van der Waals surface area contributed by atoms with Gasteiger partial charge in [0.05, 0.1) is 18.8 Å². The summed E-state index contributed by atoms with van der Waals surface area (Å²) >= 11 is 0. The van der Waals surface area contributed by atoms with Crippen molar-refractivity contribution in [2.75, 3.05) is 13.2 Å². The summed E-state index contributed by atoms with van der Waals surface area (Å²) in [5, 5.41) is 0. The second-order valence-corrected chi connectivity index (χ2v) is 9.66. The third-order valence-corrected chi connectivity index (χ3v) is 6.90. The predicted molar refractivity (Wildman–Crippen MR) is 159 cm³/mol. The van der Waals surface area contributed by atoms with Crippen LogP contribution in [0.3, 0.4) is 0 Å². The second-order valence-electron chi connectivity index (χ2n) is 9.66. The smallest absolute Gasteiger partial charge is 0.343 e. The first-order chi connectivity index (χ1) is 19.4. The van der Waals surface area contributed by atoms with E-state index in [1.807, 2.05) is 12.1 Å². The van der Waals surface area contributed by atoms with E-state index in [9.17, 15) is 9.59 Å². The first kappa shape index (κ1) is 30.2. The van der Waals surface area contributed by atoms with E-state index in [1.54, 1.807) is 36.4 Å². The van der Waals surface area contributed by atoms with Crippen molar-refractivity contribution in [1.29, 1.82) is 0 Å². The Kier molecular flexibility index (Phi) is 12.1. The van der Waals surface area contributed by atoms with Crippen LogP contribution in [0.25, 0.3) is 11.1 Å². The number of hydrogen-bond acceptors (Lipinski definition) is 5. The summed E-state index contributed by atoms with van der Waals surface area (Å²) in [7, 11) is 0. The van der Waals surface area contributed by atoms with Gasteiger partial charge in [0.15, 0.2) is 0 Å². The molecule has 0 radical (unpaired) electrons. The Labute approximate surface area is 238 Å². The number of unbranched alkanes of at least 4 members (excludes halogenated alkanes) is 3. The van der Waals surface area contributed by atoms with Gasteiger partial charge in [-0.1, -0.05) is 56.8 Å². The molecule has 0 N–H and O–H groups in total. The lowest BCUT2D eigenvalue weighted by Crippen LogP contribution is -2.08. The van der Waals surface area contributed by atoms with Crippen molar-refractivity contribution in [2.24, 2.45) is 5.92 Å². The van der Waals surface area contributed by atoms with Crippen LogP contribution in [0.5, 0.6) is 11.5 Å². The predicted octanol–water partition coefficient (Wildman–Crippen LogP) is 8.00. The van der Waals surface area contributed by atoms with E-state index < -0.39 is 5.97 Å². The Morgan fingerprint density at radius 1 is 0.850 bits per heavy atom. The SMILES string of the molecule is C#C[C@@H](CC)C(C)c1ccc(-c2ccc(OC(=O)c3ccc(OCCCCCCOC(=O)C=C)cc3)cc2)cc1. The topological polar surface area (TPSA) is 61.8 Å². The van der Waals surface area contributed by atoms with Crippen LogP contribution in [0.15, 0.2) is 85.5 Å². The molecule has 0 aliphatic carbocycles. The molecule has 1 unspecified atom stereocenters. The first-order valence-corrected chi connectivity index (χ1v) is 13.9. The second kappa shape index (κ2) is 16.0. The molecule has 5 nitrogen and oxygen atoms in total. The van der Waals surface area contributed by atoms with Crippen LogP contribution in [0.1, 0.15) is 67.8 Å². The average Bonchev–Trinajstić information content (AvgIpc) is 2.99. The molecular weight excluding hydrogens is 500 g/mol. The zero-order valence-electron chi connectivity index (χ0n) is 23.4. The summed E-state index contributed by atoms with van der Waals surface area (Å²) in [6.45, 7) is 8.65. The molecule has 3 aromatic rings. The van der Waals surface area contributed by atoms with Gasteiger partial charge in [-0.05, 0) is 91.1 Å². The van der Waals surface area contributed by atoms with Crippen molar-refractivity contribution >= 4 is 11.9 Å². The van der Waals surface area contributed by atoms with E-state index in [1.165, 1.54) is 11.6 Å². The van der Waals surface area contributed by atoms with Gasteiger partial charge < -0.3 is 14.2 Å². The van der Waals surface area contributed by atoms with Crippen LogP contribution in [0.4, 0.5) is 0 Å². The molecule has 0 bridgehead atoms. The maximum absolute atomic E-state index is 12.6. The summed E-state index contributed by atoms with van der Waals surface area (Å²) in [5.74, 6) is 3.81.